The molecule has 1 N–H and O–H groups in total. The van der Waals surface area contributed by atoms with Gasteiger partial charge in [0.2, 0.25) is 0 Å². The maximum absolute atomic E-state index is 12.6. The van der Waals surface area contributed by atoms with E-state index in [1.807, 2.05) is 0 Å². The molecular formula is C20H12ClN3O5. The summed E-state index contributed by atoms with van der Waals surface area (Å²) in [6.45, 7) is 0. The second-order valence-electron chi connectivity index (χ2n) is 6.12. The highest BCUT2D eigenvalue weighted by atomic mass is 35.5. The summed E-state index contributed by atoms with van der Waals surface area (Å²) in [4.78, 5) is 35.1. The van der Waals surface area contributed by atoms with E-state index in [-0.39, 0.29) is 11.3 Å². The first-order chi connectivity index (χ1) is 13.9. The summed E-state index contributed by atoms with van der Waals surface area (Å²) in [7, 11) is 0. The molecule has 0 saturated carbocycles. The molecular weight excluding hydrogens is 398 g/mol. The molecule has 0 spiro atoms. The predicted molar refractivity (Wildman–Crippen MR) is 106 cm³/mol. The maximum Gasteiger partial charge on any atom is 0.282 e. The highest BCUT2D eigenvalue weighted by Gasteiger charge is 2.34. The number of furan rings is 1. The van der Waals surface area contributed by atoms with E-state index >= 15 is 0 Å². The largest absolute Gasteiger partial charge is 0.457 e. The highest BCUT2D eigenvalue weighted by molar-refractivity contribution is 6.32. The number of nitro benzene ring substituents is 1. The molecule has 0 unspecified atom stereocenters. The van der Waals surface area contributed by atoms with Gasteiger partial charge in [0, 0.05) is 22.7 Å². The molecule has 144 valence electrons. The Morgan fingerprint density at radius 1 is 1.00 bits per heavy atom. The normalized spacial score (nSPS) is 15.1. The molecule has 1 aliphatic heterocycles. The number of non-ortho nitro benzene ring substituents is 1. The standard InChI is InChI=1S/C20H12ClN3O5/c21-13-3-7-14(8-4-13)23-20(26)17(19(25)22-23)11-16-9-10-18(29-16)12-1-5-15(6-2-12)24(27)28/h1-11H,(H,22,25). The lowest BCUT2D eigenvalue weighted by molar-refractivity contribution is -0.384. The Hall–Kier alpha value is -3.91. The van der Waals surface area contributed by atoms with Gasteiger partial charge in [0.1, 0.15) is 17.1 Å². The zero-order valence-corrected chi connectivity index (χ0v) is 15.4. The van der Waals surface area contributed by atoms with E-state index in [1.54, 1.807) is 48.5 Å². The van der Waals surface area contributed by atoms with Crippen LogP contribution in [-0.4, -0.2) is 16.7 Å². The first-order valence-electron chi connectivity index (χ1n) is 8.40. The molecule has 0 atom stereocenters. The summed E-state index contributed by atoms with van der Waals surface area (Å²) in [5.74, 6) is -0.328. The third-order valence-electron chi connectivity index (χ3n) is 4.25. The smallest absolute Gasteiger partial charge is 0.282 e. The number of hydrazine groups is 1. The van der Waals surface area contributed by atoms with Gasteiger partial charge in [0.15, 0.2) is 0 Å². The SMILES string of the molecule is O=C1NN(c2ccc(Cl)cc2)C(=O)C1=Cc1ccc(-c2ccc([N+](=O)[O-])cc2)o1. The predicted octanol–water partition coefficient (Wildman–Crippen LogP) is 3.97. The molecule has 9 heteroatoms. The van der Waals surface area contributed by atoms with Gasteiger partial charge in [-0.15, -0.1) is 0 Å². The first-order valence-corrected chi connectivity index (χ1v) is 8.77. The topological polar surface area (TPSA) is 106 Å². The summed E-state index contributed by atoms with van der Waals surface area (Å²) in [5.41, 5.74) is 3.49. The molecule has 29 heavy (non-hydrogen) atoms. The summed E-state index contributed by atoms with van der Waals surface area (Å²) in [6, 6.07) is 15.6. The minimum atomic E-state index is -0.557. The fourth-order valence-electron chi connectivity index (χ4n) is 2.80. The van der Waals surface area contributed by atoms with Gasteiger partial charge in [0.25, 0.3) is 17.5 Å². The first kappa shape index (κ1) is 18.5. The number of hydrogen-bond acceptors (Lipinski definition) is 5. The summed E-state index contributed by atoms with van der Waals surface area (Å²) >= 11 is 5.85. The van der Waals surface area contributed by atoms with E-state index in [1.165, 1.54) is 18.2 Å². The van der Waals surface area contributed by atoms with Crippen LogP contribution in [0.2, 0.25) is 5.02 Å². The summed E-state index contributed by atoms with van der Waals surface area (Å²) < 4.78 is 5.67. The molecule has 1 aromatic heterocycles. The van der Waals surface area contributed by atoms with Crippen molar-refractivity contribution in [3.8, 4) is 11.3 Å². The molecule has 4 rings (SSSR count). The molecule has 2 aromatic carbocycles. The summed E-state index contributed by atoms with van der Waals surface area (Å²) in [5, 5.41) is 12.4. The Bertz CT molecular complexity index is 1150. The van der Waals surface area contributed by atoms with Gasteiger partial charge >= 0.3 is 0 Å². The van der Waals surface area contributed by atoms with Crippen LogP contribution < -0.4 is 10.4 Å². The summed E-state index contributed by atoms with van der Waals surface area (Å²) in [6.07, 6.45) is 1.35. The van der Waals surface area contributed by atoms with E-state index in [0.717, 1.165) is 5.01 Å². The Morgan fingerprint density at radius 2 is 1.69 bits per heavy atom. The van der Waals surface area contributed by atoms with E-state index < -0.39 is 16.7 Å². The van der Waals surface area contributed by atoms with Crippen molar-refractivity contribution in [2.75, 3.05) is 5.01 Å². The number of carbonyl (C=O) groups excluding carboxylic acids is 2. The Labute approximate surface area is 169 Å². The lowest BCUT2D eigenvalue weighted by Gasteiger charge is -2.14. The molecule has 0 bridgehead atoms. The Kier molecular flexibility index (Phi) is 4.61. The molecule has 1 aliphatic rings. The number of halogens is 1. The fraction of sp³-hybridized carbons (Fsp3) is 0. The van der Waals surface area contributed by atoms with Crippen molar-refractivity contribution in [2.24, 2.45) is 0 Å². The van der Waals surface area contributed by atoms with Crippen molar-refractivity contribution in [3.63, 3.8) is 0 Å². The fourth-order valence-corrected chi connectivity index (χ4v) is 2.93. The zero-order valence-electron chi connectivity index (χ0n) is 14.7. The number of anilines is 1. The van der Waals surface area contributed by atoms with Gasteiger partial charge in [-0.2, -0.15) is 0 Å². The third-order valence-corrected chi connectivity index (χ3v) is 4.50. The minimum Gasteiger partial charge on any atom is -0.457 e. The van der Waals surface area contributed by atoms with Gasteiger partial charge in [-0.05, 0) is 54.6 Å². The lowest BCUT2D eigenvalue weighted by atomic mass is 10.1. The van der Waals surface area contributed by atoms with Crippen LogP contribution >= 0.6 is 11.6 Å². The number of benzene rings is 2. The number of nitrogens with zero attached hydrogens (tertiary/aromatic N) is 2. The van der Waals surface area contributed by atoms with E-state index in [0.29, 0.717) is 27.8 Å². The second kappa shape index (κ2) is 7.25. The molecule has 2 amide bonds. The monoisotopic (exact) mass is 409 g/mol. The lowest BCUT2D eigenvalue weighted by Crippen LogP contribution is -2.35. The Balaban J connectivity index is 1.58. The van der Waals surface area contributed by atoms with E-state index in [4.69, 9.17) is 16.0 Å². The highest BCUT2D eigenvalue weighted by Crippen LogP contribution is 2.27. The number of hydrogen-bond donors (Lipinski definition) is 1. The molecule has 0 aliphatic carbocycles. The van der Waals surface area contributed by atoms with Crippen molar-refractivity contribution in [2.45, 2.75) is 0 Å². The van der Waals surface area contributed by atoms with Gasteiger partial charge in [0.05, 0.1) is 10.6 Å². The average molecular weight is 410 g/mol. The van der Waals surface area contributed by atoms with Crippen LogP contribution in [0.4, 0.5) is 11.4 Å². The van der Waals surface area contributed by atoms with Gasteiger partial charge in [-0.3, -0.25) is 25.1 Å². The quantitative estimate of drug-likeness (QED) is 0.304. The number of nitrogens with one attached hydrogen (secondary N) is 1. The minimum absolute atomic E-state index is 0.0295. The van der Waals surface area contributed by atoms with Crippen LogP contribution in [0.5, 0.6) is 0 Å². The van der Waals surface area contributed by atoms with E-state index in [9.17, 15) is 19.7 Å². The number of carbonyl (C=O) groups is 2. The second-order valence-corrected chi connectivity index (χ2v) is 6.56. The van der Waals surface area contributed by atoms with Gasteiger partial charge in [-0.1, -0.05) is 11.6 Å². The van der Waals surface area contributed by atoms with Crippen LogP contribution in [0.3, 0.4) is 0 Å². The molecule has 1 saturated heterocycles. The maximum atomic E-state index is 12.6. The molecule has 1 fully saturated rings. The van der Waals surface area contributed by atoms with Crippen LogP contribution in [0.25, 0.3) is 17.4 Å². The van der Waals surface area contributed by atoms with Crippen molar-refractivity contribution < 1.29 is 18.9 Å². The van der Waals surface area contributed by atoms with Crippen LogP contribution in [-0.2, 0) is 9.59 Å². The van der Waals surface area contributed by atoms with Crippen molar-refractivity contribution in [1.29, 1.82) is 0 Å². The van der Waals surface area contributed by atoms with Crippen LogP contribution in [0.1, 0.15) is 5.76 Å². The number of nitro groups is 1. The van der Waals surface area contributed by atoms with E-state index in [2.05, 4.69) is 5.43 Å². The molecule has 3 aromatic rings. The number of rotatable bonds is 4. The number of amides is 2. The zero-order chi connectivity index (χ0) is 20.5. The van der Waals surface area contributed by atoms with Crippen molar-refractivity contribution in [3.05, 3.63) is 87.1 Å². The van der Waals surface area contributed by atoms with Gasteiger partial charge in [-0.25, -0.2) is 5.01 Å². The molecule has 2 heterocycles. The van der Waals surface area contributed by atoms with Gasteiger partial charge < -0.3 is 4.42 Å². The third kappa shape index (κ3) is 3.61. The van der Waals surface area contributed by atoms with Crippen LogP contribution in [0.15, 0.2) is 70.7 Å². The van der Waals surface area contributed by atoms with Crippen molar-refractivity contribution in [1.82, 2.24) is 5.43 Å². The van der Waals surface area contributed by atoms with Crippen LogP contribution in [0, 0.1) is 10.1 Å². The molecule has 8 nitrogen and oxygen atoms in total. The molecule has 0 radical (unpaired) electrons. The van der Waals surface area contributed by atoms with Crippen molar-refractivity contribution >= 4 is 40.9 Å². The Morgan fingerprint density at radius 3 is 2.34 bits per heavy atom. The average Bonchev–Trinajstić information content (AvgIpc) is 3.29.